The number of aliphatic hydroxyl groups excluding tert-OH is 1. The Bertz CT molecular complexity index is 630. The van der Waals surface area contributed by atoms with E-state index in [1.54, 1.807) is 7.11 Å². The molecule has 0 spiro atoms. The molecule has 6 heteroatoms. The van der Waals surface area contributed by atoms with Gasteiger partial charge in [0.1, 0.15) is 5.84 Å². The van der Waals surface area contributed by atoms with Gasteiger partial charge in [0.25, 0.3) is 0 Å². The minimum atomic E-state index is -0.740. The third-order valence-electron chi connectivity index (χ3n) is 4.70. The summed E-state index contributed by atoms with van der Waals surface area (Å²) in [7, 11) is 3.70. The molecule has 0 aromatic heterocycles. The molecule has 1 aliphatic rings. The van der Waals surface area contributed by atoms with Gasteiger partial charge >= 0.3 is 0 Å². The van der Waals surface area contributed by atoms with Crippen molar-refractivity contribution in [2.45, 2.75) is 44.8 Å². The number of methoxy groups -OCH3 is 1. The molecule has 1 aromatic rings. The molecular formula is C18H27N3O3. The van der Waals surface area contributed by atoms with Gasteiger partial charge in [0.2, 0.25) is 5.91 Å². The zero-order valence-corrected chi connectivity index (χ0v) is 14.8. The van der Waals surface area contributed by atoms with Crippen LogP contribution in [0.1, 0.15) is 37.3 Å². The molecule has 1 aliphatic carbocycles. The number of nitrogens with zero attached hydrogens (tertiary/aromatic N) is 2. The van der Waals surface area contributed by atoms with Crippen molar-refractivity contribution in [2.24, 2.45) is 10.7 Å². The second kappa shape index (κ2) is 7.77. The molecule has 0 fully saturated rings. The average molecular weight is 333 g/mol. The van der Waals surface area contributed by atoms with Crippen LogP contribution in [0.3, 0.4) is 0 Å². The maximum absolute atomic E-state index is 11.6. The third-order valence-corrected chi connectivity index (χ3v) is 4.70. The van der Waals surface area contributed by atoms with Gasteiger partial charge in [0.15, 0.2) is 0 Å². The van der Waals surface area contributed by atoms with Crippen molar-refractivity contribution in [3.05, 3.63) is 29.3 Å². The predicted molar refractivity (Wildman–Crippen MR) is 94.6 cm³/mol. The van der Waals surface area contributed by atoms with Crippen molar-refractivity contribution in [2.75, 3.05) is 20.7 Å². The quantitative estimate of drug-likeness (QED) is 0.611. The second-order valence-corrected chi connectivity index (χ2v) is 6.45. The van der Waals surface area contributed by atoms with E-state index in [9.17, 15) is 9.90 Å². The summed E-state index contributed by atoms with van der Waals surface area (Å²) in [6, 6.07) is 5.68. The van der Waals surface area contributed by atoms with E-state index in [0.717, 1.165) is 35.6 Å². The van der Waals surface area contributed by atoms with Crippen LogP contribution in [0.5, 0.6) is 0 Å². The van der Waals surface area contributed by atoms with E-state index in [-0.39, 0.29) is 6.10 Å². The summed E-state index contributed by atoms with van der Waals surface area (Å²) in [5.74, 6) is -0.257. The summed E-state index contributed by atoms with van der Waals surface area (Å²) in [4.78, 5) is 18.3. The lowest BCUT2D eigenvalue weighted by molar-refractivity contribution is -0.121. The van der Waals surface area contributed by atoms with Crippen molar-refractivity contribution < 1.29 is 14.6 Å². The smallest absolute Gasteiger partial charge is 0.227 e. The Balaban J connectivity index is 2.14. The largest absolute Gasteiger partial charge is 0.392 e. The SMILES string of the molecule is COC(C)CCN(C)C(C)=Nc1ccc2c(c1)C(C(N)=O)C(O)C2. The van der Waals surface area contributed by atoms with E-state index in [0.29, 0.717) is 6.42 Å². The topological polar surface area (TPSA) is 88.1 Å². The molecule has 1 aromatic carbocycles. The molecule has 2 rings (SSSR count). The molecule has 0 aliphatic heterocycles. The zero-order valence-electron chi connectivity index (χ0n) is 14.8. The van der Waals surface area contributed by atoms with Crippen LogP contribution in [0.15, 0.2) is 23.2 Å². The van der Waals surface area contributed by atoms with Crippen LogP contribution in [0.25, 0.3) is 0 Å². The number of rotatable bonds is 6. The van der Waals surface area contributed by atoms with E-state index in [4.69, 9.17) is 10.5 Å². The van der Waals surface area contributed by atoms with Gasteiger partial charge in [-0.05, 0) is 49.9 Å². The van der Waals surface area contributed by atoms with Gasteiger partial charge in [-0.3, -0.25) is 4.79 Å². The Labute approximate surface area is 143 Å². The van der Waals surface area contributed by atoms with E-state index in [1.165, 1.54) is 0 Å². The zero-order chi connectivity index (χ0) is 17.9. The highest BCUT2D eigenvalue weighted by Crippen LogP contribution is 2.35. The van der Waals surface area contributed by atoms with Crippen molar-refractivity contribution >= 4 is 17.4 Å². The highest BCUT2D eigenvalue weighted by molar-refractivity contribution is 5.85. The Morgan fingerprint density at radius 3 is 2.88 bits per heavy atom. The van der Waals surface area contributed by atoms with Gasteiger partial charge in [0.05, 0.1) is 23.8 Å². The first kappa shape index (κ1) is 18.4. The number of benzene rings is 1. The predicted octanol–water partition coefficient (Wildman–Crippen LogP) is 1.58. The molecule has 0 heterocycles. The van der Waals surface area contributed by atoms with Gasteiger partial charge < -0.3 is 20.5 Å². The second-order valence-electron chi connectivity index (χ2n) is 6.45. The van der Waals surface area contributed by atoms with E-state index in [1.807, 2.05) is 39.1 Å². The summed E-state index contributed by atoms with van der Waals surface area (Å²) in [6.07, 6.45) is 0.842. The average Bonchev–Trinajstić information content (AvgIpc) is 2.87. The summed E-state index contributed by atoms with van der Waals surface area (Å²) < 4.78 is 5.26. The Kier molecular flexibility index (Phi) is 5.96. The highest BCUT2D eigenvalue weighted by Gasteiger charge is 2.35. The maximum Gasteiger partial charge on any atom is 0.227 e. The summed E-state index contributed by atoms with van der Waals surface area (Å²) in [5, 5.41) is 10.0. The number of hydrogen-bond acceptors (Lipinski definition) is 4. The van der Waals surface area contributed by atoms with Crippen molar-refractivity contribution in [3.8, 4) is 0 Å². The fraction of sp³-hybridized carbons (Fsp3) is 0.556. The fourth-order valence-electron chi connectivity index (χ4n) is 2.95. The fourth-order valence-corrected chi connectivity index (χ4v) is 2.95. The Morgan fingerprint density at radius 1 is 1.54 bits per heavy atom. The number of hydrogen-bond donors (Lipinski definition) is 2. The van der Waals surface area contributed by atoms with Crippen molar-refractivity contribution in [1.29, 1.82) is 0 Å². The number of nitrogens with two attached hydrogens (primary N) is 1. The number of carbonyl (C=O) groups is 1. The van der Waals surface area contributed by atoms with Gasteiger partial charge in [-0.25, -0.2) is 4.99 Å². The first-order chi connectivity index (χ1) is 11.3. The van der Waals surface area contributed by atoms with Crippen LogP contribution in [0.2, 0.25) is 0 Å². The number of aliphatic imine (C=N–C) groups is 1. The molecule has 132 valence electrons. The van der Waals surface area contributed by atoms with E-state index >= 15 is 0 Å². The number of aliphatic hydroxyl groups is 1. The van der Waals surface area contributed by atoms with Crippen LogP contribution >= 0.6 is 0 Å². The minimum absolute atomic E-state index is 0.207. The molecule has 3 atom stereocenters. The highest BCUT2D eigenvalue weighted by atomic mass is 16.5. The van der Waals surface area contributed by atoms with Crippen LogP contribution < -0.4 is 5.73 Å². The molecule has 0 saturated carbocycles. The van der Waals surface area contributed by atoms with Crippen LogP contribution in [-0.4, -0.2) is 54.7 Å². The number of ether oxygens (including phenoxy) is 1. The number of amidine groups is 1. The molecule has 6 nitrogen and oxygen atoms in total. The van der Waals surface area contributed by atoms with Gasteiger partial charge in [0, 0.05) is 20.7 Å². The molecule has 0 radical (unpaired) electrons. The lowest BCUT2D eigenvalue weighted by atomic mass is 9.99. The lowest BCUT2D eigenvalue weighted by Crippen LogP contribution is -2.28. The maximum atomic E-state index is 11.6. The summed E-state index contributed by atoms with van der Waals surface area (Å²) in [5.41, 5.74) is 7.95. The molecule has 0 bridgehead atoms. The van der Waals surface area contributed by atoms with Crippen LogP contribution in [-0.2, 0) is 16.0 Å². The Morgan fingerprint density at radius 2 is 2.25 bits per heavy atom. The first-order valence-electron chi connectivity index (χ1n) is 8.23. The van der Waals surface area contributed by atoms with E-state index < -0.39 is 17.9 Å². The third kappa shape index (κ3) is 4.13. The van der Waals surface area contributed by atoms with Gasteiger partial charge in [-0.1, -0.05) is 6.07 Å². The molecule has 3 unspecified atom stereocenters. The molecule has 3 N–H and O–H groups in total. The summed E-state index contributed by atoms with van der Waals surface area (Å²) in [6.45, 7) is 4.83. The van der Waals surface area contributed by atoms with E-state index in [2.05, 4.69) is 9.89 Å². The standard InChI is InChI=1S/C18H27N3O3/c1-11(24-4)7-8-21(3)12(2)20-14-6-5-13-9-16(22)17(18(19)23)15(13)10-14/h5-6,10-11,16-17,22H,7-9H2,1-4H3,(H2,19,23). The molecule has 1 amide bonds. The van der Waals surface area contributed by atoms with Crippen molar-refractivity contribution in [3.63, 3.8) is 0 Å². The Hall–Kier alpha value is -1.92. The number of primary amides is 1. The van der Waals surface area contributed by atoms with Crippen LogP contribution in [0, 0.1) is 0 Å². The van der Waals surface area contributed by atoms with Crippen molar-refractivity contribution in [1.82, 2.24) is 4.90 Å². The lowest BCUT2D eigenvalue weighted by Gasteiger charge is -2.20. The molecule has 0 saturated heterocycles. The van der Waals surface area contributed by atoms with Crippen LogP contribution in [0.4, 0.5) is 5.69 Å². The molecular weight excluding hydrogens is 306 g/mol. The first-order valence-corrected chi connectivity index (χ1v) is 8.23. The number of fused-ring (bicyclic) bond motifs is 1. The van der Waals surface area contributed by atoms with Gasteiger partial charge in [-0.15, -0.1) is 0 Å². The normalized spacial score (nSPS) is 21.5. The van der Waals surface area contributed by atoms with Gasteiger partial charge in [-0.2, -0.15) is 0 Å². The summed E-state index contributed by atoms with van der Waals surface area (Å²) >= 11 is 0. The molecule has 24 heavy (non-hydrogen) atoms. The minimum Gasteiger partial charge on any atom is -0.392 e. The number of carbonyl (C=O) groups excluding carboxylic acids is 1. The number of amides is 1. The monoisotopic (exact) mass is 333 g/mol.